The third-order valence-corrected chi connectivity index (χ3v) is 3.92. The van der Waals surface area contributed by atoms with E-state index in [1.165, 1.54) is 0 Å². The summed E-state index contributed by atoms with van der Waals surface area (Å²) in [6.07, 6.45) is 0. The fourth-order valence-corrected chi connectivity index (χ4v) is 2.73. The molecule has 0 bridgehead atoms. The average molecular weight is 358 g/mol. The standard InChI is InChI=1S/C19H20ClN3O2/c1-13(2)21-19(24)11-23-17-6-4-3-5-16(17)22-18(23)12-25-15-9-7-14(20)8-10-15/h3-10,13H,11-12H2,1-2H3,(H,21,24). The molecule has 0 saturated carbocycles. The molecule has 0 fully saturated rings. The fraction of sp³-hybridized carbons (Fsp3) is 0.263. The molecule has 0 aliphatic heterocycles. The Hall–Kier alpha value is -2.53. The van der Waals surface area contributed by atoms with Crippen LogP contribution in [0, 0.1) is 0 Å². The number of para-hydroxylation sites is 2. The van der Waals surface area contributed by atoms with E-state index >= 15 is 0 Å². The van der Waals surface area contributed by atoms with Gasteiger partial charge in [0.05, 0.1) is 11.0 Å². The number of carbonyl (C=O) groups is 1. The minimum atomic E-state index is -0.0501. The molecular weight excluding hydrogens is 338 g/mol. The lowest BCUT2D eigenvalue weighted by atomic mass is 10.3. The van der Waals surface area contributed by atoms with Crippen LogP contribution in [0.25, 0.3) is 11.0 Å². The van der Waals surface area contributed by atoms with Crippen molar-refractivity contribution in [1.82, 2.24) is 14.9 Å². The van der Waals surface area contributed by atoms with Crippen LogP contribution in [0.15, 0.2) is 48.5 Å². The third-order valence-electron chi connectivity index (χ3n) is 3.67. The number of rotatable bonds is 6. The molecule has 0 radical (unpaired) electrons. The lowest BCUT2D eigenvalue weighted by molar-refractivity contribution is -0.122. The first-order valence-electron chi connectivity index (χ1n) is 8.15. The van der Waals surface area contributed by atoms with Gasteiger partial charge in [-0.15, -0.1) is 0 Å². The van der Waals surface area contributed by atoms with Crippen molar-refractivity contribution in [1.29, 1.82) is 0 Å². The maximum absolute atomic E-state index is 12.2. The van der Waals surface area contributed by atoms with Crippen LogP contribution in [0.4, 0.5) is 0 Å². The Balaban J connectivity index is 1.84. The number of carbonyl (C=O) groups excluding carboxylic acids is 1. The van der Waals surface area contributed by atoms with E-state index in [4.69, 9.17) is 16.3 Å². The van der Waals surface area contributed by atoms with Gasteiger partial charge in [-0.3, -0.25) is 4.79 Å². The first-order chi connectivity index (χ1) is 12.0. The molecule has 0 aliphatic rings. The highest BCUT2D eigenvalue weighted by Crippen LogP contribution is 2.20. The van der Waals surface area contributed by atoms with Crippen LogP contribution < -0.4 is 10.1 Å². The number of imidazole rings is 1. The SMILES string of the molecule is CC(C)NC(=O)Cn1c(COc2ccc(Cl)cc2)nc2ccccc21. The summed E-state index contributed by atoms with van der Waals surface area (Å²) in [5.41, 5.74) is 1.76. The minimum absolute atomic E-state index is 0.0501. The Morgan fingerprint density at radius 3 is 2.64 bits per heavy atom. The van der Waals surface area contributed by atoms with Crippen molar-refractivity contribution in [2.24, 2.45) is 0 Å². The normalized spacial score (nSPS) is 11.0. The molecule has 0 saturated heterocycles. The lowest BCUT2D eigenvalue weighted by Crippen LogP contribution is -2.33. The van der Waals surface area contributed by atoms with Gasteiger partial charge >= 0.3 is 0 Å². The number of amides is 1. The zero-order valence-electron chi connectivity index (χ0n) is 14.2. The largest absolute Gasteiger partial charge is 0.486 e. The number of hydrogen-bond acceptors (Lipinski definition) is 3. The average Bonchev–Trinajstić information content (AvgIpc) is 2.91. The Kier molecular flexibility index (Phi) is 5.24. The van der Waals surface area contributed by atoms with Crippen molar-refractivity contribution in [3.8, 4) is 5.75 Å². The molecule has 0 unspecified atom stereocenters. The number of aromatic nitrogens is 2. The van der Waals surface area contributed by atoms with Gasteiger partial charge in [-0.05, 0) is 50.2 Å². The number of hydrogen-bond donors (Lipinski definition) is 1. The molecule has 6 heteroatoms. The van der Waals surface area contributed by atoms with Gasteiger partial charge in [-0.25, -0.2) is 4.98 Å². The van der Waals surface area contributed by atoms with Gasteiger partial charge in [0, 0.05) is 11.1 Å². The van der Waals surface area contributed by atoms with E-state index in [1.807, 2.05) is 42.7 Å². The first kappa shape index (κ1) is 17.3. The quantitative estimate of drug-likeness (QED) is 0.730. The monoisotopic (exact) mass is 357 g/mol. The van der Waals surface area contributed by atoms with E-state index in [0.717, 1.165) is 11.0 Å². The van der Waals surface area contributed by atoms with E-state index in [-0.39, 0.29) is 25.1 Å². The number of nitrogens with zero attached hydrogens (tertiary/aromatic N) is 2. The number of ether oxygens (including phenoxy) is 1. The summed E-state index contributed by atoms with van der Waals surface area (Å²) >= 11 is 5.89. The molecule has 3 aromatic rings. The molecular formula is C19H20ClN3O2. The van der Waals surface area contributed by atoms with E-state index in [9.17, 15) is 4.79 Å². The smallest absolute Gasteiger partial charge is 0.240 e. The van der Waals surface area contributed by atoms with Crippen LogP contribution in [0.1, 0.15) is 19.7 Å². The third kappa shape index (κ3) is 4.31. The van der Waals surface area contributed by atoms with Crippen molar-refractivity contribution >= 4 is 28.5 Å². The highest BCUT2D eigenvalue weighted by Gasteiger charge is 2.14. The van der Waals surface area contributed by atoms with Crippen molar-refractivity contribution in [2.75, 3.05) is 0 Å². The number of benzene rings is 2. The summed E-state index contributed by atoms with van der Waals surface area (Å²) < 4.78 is 7.70. The zero-order valence-corrected chi connectivity index (χ0v) is 15.0. The van der Waals surface area contributed by atoms with Gasteiger partial charge in [0.2, 0.25) is 5.91 Å². The highest BCUT2D eigenvalue weighted by atomic mass is 35.5. The van der Waals surface area contributed by atoms with Crippen LogP contribution in [-0.4, -0.2) is 21.5 Å². The number of nitrogens with one attached hydrogen (secondary N) is 1. The summed E-state index contributed by atoms with van der Waals surface area (Å²) in [7, 11) is 0. The van der Waals surface area contributed by atoms with Gasteiger partial charge in [-0.2, -0.15) is 0 Å². The first-order valence-corrected chi connectivity index (χ1v) is 8.52. The van der Waals surface area contributed by atoms with Crippen molar-refractivity contribution in [3.05, 3.63) is 59.4 Å². The molecule has 1 N–H and O–H groups in total. The van der Waals surface area contributed by atoms with Gasteiger partial charge in [-0.1, -0.05) is 23.7 Å². The maximum Gasteiger partial charge on any atom is 0.240 e. The van der Waals surface area contributed by atoms with Crippen molar-refractivity contribution in [3.63, 3.8) is 0 Å². The molecule has 0 spiro atoms. The van der Waals surface area contributed by atoms with Gasteiger partial charge in [0.25, 0.3) is 0 Å². The second kappa shape index (κ2) is 7.57. The topological polar surface area (TPSA) is 56.2 Å². The molecule has 1 aromatic heterocycles. The Morgan fingerprint density at radius 1 is 1.20 bits per heavy atom. The molecule has 1 heterocycles. The summed E-state index contributed by atoms with van der Waals surface area (Å²) in [5, 5.41) is 3.57. The fourth-order valence-electron chi connectivity index (χ4n) is 2.60. The van der Waals surface area contributed by atoms with Gasteiger partial charge in [0.15, 0.2) is 0 Å². The molecule has 1 amide bonds. The van der Waals surface area contributed by atoms with Crippen LogP contribution >= 0.6 is 11.6 Å². The van der Waals surface area contributed by atoms with E-state index in [1.54, 1.807) is 24.3 Å². The minimum Gasteiger partial charge on any atom is -0.486 e. The molecule has 5 nitrogen and oxygen atoms in total. The molecule has 0 atom stereocenters. The Labute approximate surface area is 151 Å². The molecule has 2 aromatic carbocycles. The summed E-state index contributed by atoms with van der Waals surface area (Å²) in [4.78, 5) is 16.8. The van der Waals surface area contributed by atoms with Gasteiger partial charge in [0.1, 0.15) is 24.7 Å². The number of fused-ring (bicyclic) bond motifs is 1. The zero-order chi connectivity index (χ0) is 17.8. The van der Waals surface area contributed by atoms with Gasteiger partial charge < -0.3 is 14.6 Å². The van der Waals surface area contributed by atoms with E-state index in [2.05, 4.69) is 10.3 Å². The van der Waals surface area contributed by atoms with E-state index in [0.29, 0.717) is 16.6 Å². The molecule has 25 heavy (non-hydrogen) atoms. The predicted octanol–water partition coefficient (Wildman–Crippen LogP) is 3.79. The van der Waals surface area contributed by atoms with Crippen LogP contribution in [-0.2, 0) is 17.9 Å². The number of halogens is 1. The lowest BCUT2D eigenvalue weighted by Gasteiger charge is -2.12. The van der Waals surface area contributed by atoms with Crippen LogP contribution in [0.3, 0.4) is 0 Å². The summed E-state index contributed by atoms with van der Waals surface area (Å²) in [5.74, 6) is 1.36. The maximum atomic E-state index is 12.2. The predicted molar refractivity (Wildman–Crippen MR) is 98.8 cm³/mol. The van der Waals surface area contributed by atoms with Crippen LogP contribution in [0.5, 0.6) is 5.75 Å². The Morgan fingerprint density at radius 2 is 1.92 bits per heavy atom. The summed E-state index contributed by atoms with van der Waals surface area (Å²) in [6, 6.07) is 15.0. The summed E-state index contributed by atoms with van der Waals surface area (Å²) in [6.45, 7) is 4.35. The van der Waals surface area contributed by atoms with E-state index < -0.39 is 0 Å². The van der Waals surface area contributed by atoms with Crippen LogP contribution in [0.2, 0.25) is 5.02 Å². The van der Waals surface area contributed by atoms with Crippen molar-refractivity contribution < 1.29 is 9.53 Å². The molecule has 0 aliphatic carbocycles. The Bertz CT molecular complexity index is 872. The molecule has 130 valence electrons. The van der Waals surface area contributed by atoms with Crippen molar-refractivity contribution in [2.45, 2.75) is 33.0 Å². The molecule has 3 rings (SSSR count). The second-order valence-electron chi connectivity index (χ2n) is 6.07. The second-order valence-corrected chi connectivity index (χ2v) is 6.50. The highest BCUT2D eigenvalue weighted by molar-refractivity contribution is 6.30.